The Morgan fingerprint density at radius 1 is 0.578 bits per heavy atom. The van der Waals surface area contributed by atoms with Crippen molar-refractivity contribution in [1.29, 1.82) is 0 Å². The van der Waals surface area contributed by atoms with Crippen molar-refractivity contribution >= 4 is 29.5 Å². The number of ether oxygens (including phenoxy) is 2. The largest absolute Gasteiger partial charge is 0.481 e. The number of carboxylic acid groups (broad SMARTS) is 2. The van der Waals surface area contributed by atoms with Crippen LogP contribution in [0.4, 0.5) is 0 Å². The van der Waals surface area contributed by atoms with Gasteiger partial charge in [0.2, 0.25) is 11.8 Å². The molecule has 4 N–H and O–H groups in total. The van der Waals surface area contributed by atoms with Crippen molar-refractivity contribution in [3.05, 3.63) is 0 Å². The summed E-state index contributed by atoms with van der Waals surface area (Å²) in [6, 6.07) is -1.10. The van der Waals surface area contributed by atoms with Crippen molar-refractivity contribution in [1.82, 2.24) is 10.6 Å². The number of hydrogen-bond donors (Lipinski definition) is 4. The molecule has 0 fully saturated rings. The molecule has 0 aliphatic rings. The Labute approximate surface area is 271 Å². The monoisotopic (exact) mass is 642 g/mol. The molecule has 11 nitrogen and oxygen atoms in total. The van der Waals surface area contributed by atoms with Crippen LogP contribution in [0, 0.1) is 5.92 Å². The van der Waals surface area contributed by atoms with Crippen LogP contribution in [0.2, 0.25) is 0 Å². The summed E-state index contributed by atoms with van der Waals surface area (Å²) >= 11 is 0. The highest BCUT2D eigenvalue weighted by Gasteiger charge is 2.20. The molecule has 0 spiro atoms. The van der Waals surface area contributed by atoms with E-state index >= 15 is 0 Å². The zero-order valence-electron chi connectivity index (χ0n) is 28.1. The van der Waals surface area contributed by atoms with E-state index in [1.165, 1.54) is 57.8 Å². The first kappa shape index (κ1) is 42.5. The number of carboxylic acids is 2. The van der Waals surface area contributed by atoms with Crippen LogP contribution in [0.1, 0.15) is 142 Å². The Bertz CT molecular complexity index is 805. The predicted molar refractivity (Wildman–Crippen MR) is 174 cm³/mol. The summed E-state index contributed by atoms with van der Waals surface area (Å²) in [5.41, 5.74) is 0. The zero-order valence-corrected chi connectivity index (χ0v) is 28.1. The fourth-order valence-corrected chi connectivity index (χ4v) is 4.75. The van der Waals surface area contributed by atoms with Gasteiger partial charge in [0.1, 0.15) is 12.6 Å². The van der Waals surface area contributed by atoms with Crippen molar-refractivity contribution in [2.45, 2.75) is 148 Å². The van der Waals surface area contributed by atoms with Gasteiger partial charge in [-0.3, -0.25) is 19.2 Å². The molecule has 0 aromatic rings. The molecule has 0 heterocycles. The summed E-state index contributed by atoms with van der Waals surface area (Å²) in [7, 11) is 0. The van der Waals surface area contributed by atoms with E-state index in [0.717, 1.165) is 44.9 Å². The van der Waals surface area contributed by atoms with E-state index in [1.54, 1.807) is 0 Å². The molecular formula is C34H62N2O9. The molecule has 0 saturated heterocycles. The second-order valence-electron chi connectivity index (χ2n) is 12.2. The number of nitrogens with one attached hydrogen (secondary N) is 2. The lowest BCUT2D eigenvalue weighted by Gasteiger charge is -2.14. The van der Waals surface area contributed by atoms with E-state index in [4.69, 9.17) is 14.6 Å². The lowest BCUT2D eigenvalue weighted by atomic mass is 10.0. The Morgan fingerprint density at radius 3 is 1.51 bits per heavy atom. The molecule has 0 aliphatic heterocycles. The van der Waals surface area contributed by atoms with Crippen LogP contribution in [-0.2, 0) is 33.4 Å². The van der Waals surface area contributed by atoms with Crippen molar-refractivity contribution < 1.29 is 43.7 Å². The molecule has 0 rings (SSSR count). The topological polar surface area (TPSA) is 168 Å². The van der Waals surface area contributed by atoms with E-state index in [0.29, 0.717) is 13.0 Å². The summed E-state index contributed by atoms with van der Waals surface area (Å²) in [5.74, 6) is -2.49. The Hall–Kier alpha value is -2.53. The Kier molecular flexibility index (Phi) is 28.4. The Balaban J connectivity index is 3.64. The van der Waals surface area contributed by atoms with Gasteiger partial charge in [-0.15, -0.1) is 0 Å². The third-order valence-electron chi connectivity index (χ3n) is 7.67. The van der Waals surface area contributed by atoms with Gasteiger partial charge in [0, 0.05) is 31.7 Å². The molecule has 0 radical (unpaired) electrons. The van der Waals surface area contributed by atoms with Gasteiger partial charge in [0.25, 0.3) is 0 Å². The number of Topliss-reactive ketones (excluding diaryl/α,β-unsaturated/α-hetero) is 1. The van der Waals surface area contributed by atoms with Gasteiger partial charge in [0.15, 0.2) is 5.78 Å². The minimum Gasteiger partial charge on any atom is -0.481 e. The van der Waals surface area contributed by atoms with Crippen LogP contribution < -0.4 is 10.6 Å². The highest BCUT2D eigenvalue weighted by molar-refractivity contribution is 5.84. The second kappa shape index (κ2) is 30.1. The number of rotatable bonds is 33. The maximum Gasteiger partial charge on any atom is 0.326 e. The number of carbonyl (C=O) groups excluding carboxylic acids is 3. The third kappa shape index (κ3) is 29.9. The summed E-state index contributed by atoms with van der Waals surface area (Å²) in [4.78, 5) is 57.8. The lowest BCUT2D eigenvalue weighted by Crippen LogP contribution is -2.41. The zero-order chi connectivity index (χ0) is 33.5. The Morgan fingerprint density at radius 2 is 1.04 bits per heavy atom. The smallest absolute Gasteiger partial charge is 0.326 e. The number of aliphatic carboxylic acids is 2. The van der Waals surface area contributed by atoms with Gasteiger partial charge in [-0.05, 0) is 19.3 Å². The predicted octanol–water partition coefficient (Wildman–Crippen LogP) is 5.82. The first-order valence-corrected chi connectivity index (χ1v) is 17.3. The van der Waals surface area contributed by atoms with Gasteiger partial charge in [-0.2, -0.15) is 0 Å². The van der Waals surface area contributed by atoms with Crippen LogP contribution in [0.15, 0.2) is 0 Å². The molecule has 2 amide bonds. The van der Waals surface area contributed by atoms with Gasteiger partial charge in [-0.25, -0.2) is 4.79 Å². The SMILES string of the molecule is CC(C)C(=O)COCCOCCNC(=O)CC[C@H](NC(=O)CCCCCCCCCCCCCCCCCCC(=O)O)C(=O)O. The molecule has 0 aromatic heterocycles. The number of amides is 2. The van der Waals surface area contributed by atoms with Crippen molar-refractivity contribution in [3.8, 4) is 0 Å². The number of ketones is 1. The number of carbonyl (C=O) groups is 5. The van der Waals surface area contributed by atoms with Crippen LogP contribution in [0.25, 0.3) is 0 Å². The van der Waals surface area contributed by atoms with E-state index in [9.17, 15) is 29.1 Å². The standard InChI is InChI=1S/C34H62N2O9/c1-28(2)30(37)27-45-26-25-44-24-23-35-31(38)22-21-29(34(42)43)36-32(39)19-17-15-13-11-9-7-5-3-4-6-8-10-12-14-16-18-20-33(40)41/h28-29H,3-27H2,1-2H3,(H,35,38)(H,36,39)(H,40,41)(H,42,43)/t29-/m0/s1. The molecule has 11 heteroatoms. The minimum absolute atomic E-state index is 0.0155. The van der Waals surface area contributed by atoms with Gasteiger partial charge in [0.05, 0.1) is 19.8 Å². The molecule has 1 atom stereocenters. The van der Waals surface area contributed by atoms with Gasteiger partial charge >= 0.3 is 11.9 Å². The molecule has 0 unspecified atom stereocenters. The molecule has 0 bridgehead atoms. The van der Waals surface area contributed by atoms with Gasteiger partial charge in [-0.1, -0.05) is 104 Å². The molecule has 0 aliphatic carbocycles. The van der Waals surface area contributed by atoms with E-state index < -0.39 is 18.0 Å². The molecule has 262 valence electrons. The van der Waals surface area contributed by atoms with Gasteiger partial charge < -0.3 is 30.3 Å². The molecular weight excluding hydrogens is 580 g/mol. The fourth-order valence-electron chi connectivity index (χ4n) is 4.75. The molecule has 0 aromatic carbocycles. The first-order chi connectivity index (χ1) is 21.6. The molecule has 0 saturated carbocycles. The van der Waals surface area contributed by atoms with Crippen molar-refractivity contribution in [2.24, 2.45) is 5.92 Å². The third-order valence-corrected chi connectivity index (χ3v) is 7.67. The lowest BCUT2D eigenvalue weighted by molar-refractivity contribution is -0.142. The van der Waals surface area contributed by atoms with E-state index in [2.05, 4.69) is 10.6 Å². The average Bonchev–Trinajstić information content (AvgIpc) is 2.99. The highest BCUT2D eigenvalue weighted by atomic mass is 16.5. The maximum atomic E-state index is 12.2. The van der Waals surface area contributed by atoms with Crippen LogP contribution >= 0.6 is 0 Å². The maximum absolute atomic E-state index is 12.2. The quantitative estimate of drug-likeness (QED) is 0.0645. The average molecular weight is 643 g/mol. The van der Waals surface area contributed by atoms with E-state index in [-0.39, 0.29) is 69.1 Å². The number of hydrogen-bond acceptors (Lipinski definition) is 7. The summed E-state index contributed by atoms with van der Waals surface area (Å²) < 4.78 is 10.6. The summed E-state index contributed by atoms with van der Waals surface area (Å²) in [6.07, 6.45) is 18.7. The molecule has 45 heavy (non-hydrogen) atoms. The highest BCUT2D eigenvalue weighted by Crippen LogP contribution is 2.14. The van der Waals surface area contributed by atoms with Crippen molar-refractivity contribution in [3.63, 3.8) is 0 Å². The number of unbranched alkanes of at least 4 members (excludes halogenated alkanes) is 15. The first-order valence-electron chi connectivity index (χ1n) is 17.3. The second-order valence-corrected chi connectivity index (χ2v) is 12.2. The summed E-state index contributed by atoms with van der Waals surface area (Å²) in [6.45, 7) is 4.82. The van der Waals surface area contributed by atoms with Crippen LogP contribution in [0.5, 0.6) is 0 Å². The van der Waals surface area contributed by atoms with Crippen LogP contribution in [-0.4, -0.2) is 78.8 Å². The van der Waals surface area contributed by atoms with E-state index in [1.807, 2.05) is 13.8 Å². The van der Waals surface area contributed by atoms with Crippen molar-refractivity contribution in [2.75, 3.05) is 33.0 Å². The minimum atomic E-state index is -1.15. The summed E-state index contributed by atoms with van der Waals surface area (Å²) in [5, 5.41) is 23.3. The fraction of sp³-hybridized carbons (Fsp3) is 0.853. The van der Waals surface area contributed by atoms with Crippen LogP contribution in [0.3, 0.4) is 0 Å². The normalized spacial score (nSPS) is 11.8.